The van der Waals surface area contributed by atoms with E-state index in [1.807, 2.05) is 24.4 Å². The van der Waals surface area contributed by atoms with Crippen LogP contribution < -0.4 is 14.4 Å². The van der Waals surface area contributed by atoms with Gasteiger partial charge < -0.3 is 24.2 Å². The summed E-state index contributed by atoms with van der Waals surface area (Å²) in [5, 5.41) is 8.60. The van der Waals surface area contributed by atoms with Crippen LogP contribution in [0.1, 0.15) is 58.4 Å². The fourth-order valence-electron chi connectivity index (χ4n) is 6.65. The van der Waals surface area contributed by atoms with Crippen LogP contribution in [0.25, 0.3) is 11.1 Å². The Labute approximate surface area is 288 Å². The molecule has 0 radical (unpaired) electrons. The molecule has 1 aliphatic carbocycles. The van der Waals surface area contributed by atoms with Crippen LogP contribution in [0.15, 0.2) is 54.9 Å². The first-order valence-corrected chi connectivity index (χ1v) is 17.5. The zero-order chi connectivity index (χ0) is 33.7. The van der Waals surface area contributed by atoms with Gasteiger partial charge in [-0.3, -0.25) is 14.7 Å². The predicted octanol–water partition coefficient (Wildman–Crippen LogP) is 5.66. The minimum atomic E-state index is -1.05. The number of anilines is 1. The number of amides is 2. The van der Waals surface area contributed by atoms with Crippen molar-refractivity contribution in [1.29, 1.82) is 0 Å². The van der Waals surface area contributed by atoms with Crippen LogP contribution >= 0.6 is 11.9 Å². The number of nitrogens with one attached hydrogen (secondary N) is 1. The summed E-state index contributed by atoms with van der Waals surface area (Å²) in [5.41, 5.74) is 3.00. The Morgan fingerprint density at radius 3 is 2.56 bits per heavy atom. The van der Waals surface area contributed by atoms with E-state index in [2.05, 4.69) is 51.2 Å². The van der Waals surface area contributed by atoms with Crippen molar-refractivity contribution in [2.75, 3.05) is 50.8 Å². The number of H-pyrrole nitrogens is 1. The van der Waals surface area contributed by atoms with Gasteiger partial charge >= 0.3 is 0 Å². The van der Waals surface area contributed by atoms with Gasteiger partial charge in [0.05, 0.1) is 30.6 Å². The predicted molar refractivity (Wildman–Crippen MR) is 185 cm³/mol. The molecule has 3 aromatic rings. The van der Waals surface area contributed by atoms with Gasteiger partial charge in [0.15, 0.2) is 5.60 Å². The van der Waals surface area contributed by atoms with Gasteiger partial charge in [0.1, 0.15) is 11.5 Å². The number of nitrogens with zero attached hydrogens (tertiary/aromatic N) is 5. The fourth-order valence-corrected chi connectivity index (χ4v) is 6.79. The van der Waals surface area contributed by atoms with Crippen molar-refractivity contribution in [2.45, 2.75) is 71.1 Å². The number of halogens is 1. The maximum atomic E-state index is 14.2. The molecule has 258 valence electrons. The number of rotatable bonds is 13. The van der Waals surface area contributed by atoms with Crippen LogP contribution in [-0.4, -0.2) is 94.4 Å². The molecule has 0 unspecified atom stereocenters. The second-order valence-corrected chi connectivity index (χ2v) is 13.7. The summed E-state index contributed by atoms with van der Waals surface area (Å²) < 4.78 is 17.3. The topological polar surface area (TPSA) is 103 Å². The van der Waals surface area contributed by atoms with Gasteiger partial charge in [-0.15, -0.1) is 0 Å². The fraction of sp³-hybridized carbons (Fsp3) is 0.528. The van der Waals surface area contributed by atoms with E-state index in [4.69, 9.17) is 25.7 Å². The minimum absolute atomic E-state index is 0.0784. The van der Waals surface area contributed by atoms with Crippen LogP contribution in [0, 0.1) is 5.92 Å². The first kappa shape index (κ1) is 34.1. The Kier molecular flexibility index (Phi) is 10.8. The first-order chi connectivity index (χ1) is 23.3. The second-order valence-electron chi connectivity index (χ2n) is 13.5. The summed E-state index contributed by atoms with van der Waals surface area (Å²) >= 11 is 5.48. The Morgan fingerprint density at radius 1 is 1.04 bits per heavy atom. The Bertz CT molecular complexity index is 1540. The summed E-state index contributed by atoms with van der Waals surface area (Å²) in [6, 6.07) is 14.4. The third-order valence-electron chi connectivity index (χ3n) is 9.44. The first-order valence-electron chi connectivity index (χ1n) is 17.2. The van der Waals surface area contributed by atoms with Gasteiger partial charge in [0, 0.05) is 80.9 Å². The molecule has 3 heterocycles. The molecule has 6 rings (SSSR count). The molecule has 3 fully saturated rings. The Balaban J connectivity index is 1.12. The van der Waals surface area contributed by atoms with E-state index in [0.29, 0.717) is 51.6 Å². The van der Waals surface area contributed by atoms with Crippen LogP contribution in [0.4, 0.5) is 5.69 Å². The van der Waals surface area contributed by atoms with Gasteiger partial charge in [-0.05, 0) is 69.7 Å². The number of carbonyl (C=O) groups is 2. The van der Waals surface area contributed by atoms with Gasteiger partial charge in [-0.1, -0.05) is 25.1 Å². The highest BCUT2D eigenvalue weighted by atomic mass is 35.5. The molecule has 2 aliphatic heterocycles. The van der Waals surface area contributed by atoms with Crippen molar-refractivity contribution in [1.82, 2.24) is 25.1 Å². The monoisotopic (exact) mass is 678 g/mol. The van der Waals surface area contributed by atoms with Gasteiger partial charge in [-0.2, -0.15) is 14.6 Å². The lowest BCUT2D eigenvalue weighted by Crippen LogP contribution is -2.55. The number of hydrogen-bond donors (Lipinski definition) is 1. The normalized spacial score (nSPS) is 18.9. The number of piperidine rings is 1. The zero-order valence-electron chi connectivity index (χ0n) is 28.2. The summed E-state index contributed by atoms with van der Waals surface area (Å²) in [6.45, 7) is 10.5. The number of aromatic amines is 1. The molecule has 2 aromatic carbocycles. The van der Waals surface area contributed by atoms with Crippen LogP contribution in [0.3, 0.4) is 0 Å². The number of benzene rings is 2. The summed E-state index contributed by atoms with van der Waals surface area (Å²) in [6.07, 6.45) is 8.42. The SMILES string of the molecule is CCCOc1cc(-c2cn[nH]c2)ccc1CN(C(=O)[C@@H]1CCCN(c2cccc(OC(C)(C)C(=O)N3CCN(OCl)CC3)c2)C1)C1CC1. The van der Waals surface area contributed by atoms with Crippen LogP contribution in [-0.2, 0) is 20.5 Å². The largest absolute Gasteiger partial charge is 0.493 e. The van der Waals surface area contributed by atoms with E-state index in [0.717, 1.165) is 66.8 Å². The standard InChI is InChI=1S/C36H47ClN6O5/c1-4-19-46-33-20-26(29-22-38-39-23-29)10-11-27(33)25-43(30-12-13-30)34(44)28-7-6-14-41(24-28)31-8-5-9-32(21-31)47-36(2,3)35(45)40-15-17-42(48-37)18-16-40/h5,8-11,20-23,28,30H,4,6-7,12-19,24-25H2,1-3H3,(H,38,39)/t28-/m1/s1. The number of carbonyl (C=O) groups excluding carboxylic acids is 2. The van der Waals surface area contributed by atoms with Crippen molar-refractivity contribution >= 4 is 29.4 Å². The smallest absolute Gasteiger partial charge is 0.266 e. The van der Waals surface area contributed by atoms with E-state index in [1.54, 1.807) is 30.0 Å². The Hall–Kier alpha value is -3.80. The van der Waals surface area contributed by atoms with Crippen molar-refractivity contribution in [2.24, 2.45) is 5.92 Å². The molecule has 11 nitrogen and oxygen atoms in total. The van der Waals surface area contributed by atoms with E-state index in [1.165, 1.54) is 0 Å². The minimum Gasteiger partial charge on any atom is -0.493 e. The van der Waals surface area contributed by atoms with Crippen molar-refractivity contribution in [3.8, 4) is 22.6 Å². The summed E-state index contributed by atoms with van der Waals surface area (Å²) in [4.78, 5) is 33.7. The highest BCUT2D eigenvalue weighted by Crippen LogP contribution is 2.36. The number of aromatic nitrogens is 2. The number of ether oxygens (including phenoxy) is 2. The average molecular weight is 679 g/mol. The molecule has 48 heavy (non-hydrogen) atoms. The maximum absolute atomic E-state index is 14.2. The molecule has 0 bridgehead atoms. The Morgan fingerprint density at radius 2 is 1.85 bits per heavy atom. The van der Waals surface area contributed by atoms with E-state index >= 15 is 0 Å². The maximum Gasteiger partial charge on any atom is 0.266 e. The zero-order valence-corrected chi connectivity index (χ0v) is 29.0. The third kappa shape index (κ3) is 8.07. The van der Waals surface area contributed by atoms with Crippen LogP contribution in [0.2, 0.25) is 0 Å². The quantitative estimate of drug-likeness (QED) is 0.247. The van der Waals surface area contributed by atoms with Crippen molar-refractivity contribution < 1.29 is 23.5 Å². The summed E-state index contributed by atoms with van der Waals surface area (Å²) in [5.74, 6) is 1.47. The molecular formula is C36H47ClN6O5. The highest BCUT2D eigenvalue weighted by Gasteiger charge is 2.39. The molecule has 1 atom stereocenters. The third-order valence-corrected chi connectivity index (χ3v) is 9.63. The molecule has 2 saturated heterocycles. The second kappa shape index (κ2) is 15.2. The molecule has 1 aromatic heterocycles. The van der Waals surface area contributed by atoms with Gasteiger partial charge in [0.2, 0.25) is 5.91 Å². The van der Waals surface area contributed by atoms with E-state index in [9.17, 15) is 9.59 Å². The molecule has 12 heteroatoms. The number of hydrogen-bond acceptors (Lipinski definition) is 8. The van der Waals surface area contributed by atoms with Crippen molar-refractivity contribution in [3.63, 3.8) is 0 Å². The van der Waals surface area contributed by atoms with Gasteiger partial charge in [0.25, 0.3) is 5.91 Å². The molecule has 1 N–H and O–H groups in total. The molecule has 1 saturated carbocycles. The molecule has 2 amide bonds. The van der Waals surface area contributed by atoms with Crippen molar-refractivity contribution in [3.05, 3.63) is 60.4 Å². The lowest BCUT2D eigenvalue weighted by molar-refractivity contribution is -0.153. The average Bonchev–Trinajstić information content (AvgIpc) is 3.81. The molecule has 3 aliphatic rings. The molecular weight excluding hydrogens is 632 g/mol. The van der Waals surface area contributed by atoms with E-state index < -0.39 is 5.60 Å². The van der Waals surface area contributed by atoms with Gasteiger partial charge in [-0.25, -0.2) is 0 Å². The number of piperazine rings is 1. The summed E-state index contributed by atoms with van der Waals surface area (Å²) in [7, 11) is 0. The van der Waals surface area contributed by atoms with E-state index in [-0.39, 0.29) is 23.8 Å². The number of hydroxylamine groups is 2. The lowest BCUT2D eigenvalue weighted by atomic mass is 9.95. The lowest BCUT2D eigenvalue weighted by Gasteiger charge is -2.38. The van der Waals surface area contributed by atoms with Crippen LogP contribution in [0.5, 0.6) is 11.5 Å². The highest BCUT2D eigenvalue weighted by molar-refractivity contribution is 6.07. The molecule has 0 spiro atoms.